The van der Waals surface area contributed by atoms with Crippen LogP contribution in [-0.4, -0.2) is 31.4 Å². The highest BCUT2D eigenvalue weighted by molar-refractivity contribution is 7.99. The van der Waals surface area contributed by atoms with Gasteiger partial charge in [-0.1, -0.05) is 59.8 Å². The second-order valence-electron chi connectivity index (χ2n) is 7.75. The summed E-state index contributed by atoms with van der Waals surface area (Å²) in [6.45, 7) is 10.6. The predicted molar refractivity (Wildman–Crippen MR) is 137 cm³/mol. The van der Waals surface area contributed by atoms with Crippen LogP contribution in [0.25, 0.3) is 22.6 Å². The summed E-state index contributed by atoms with van der Waals surface area (Å²) in [4.78, 5) is 17.1. The maximum absolute atomic E-state index is 12.6. The Morgan fingerprint density at radius 2 is 1.85 bits per heavy atom. The summed E-state index contributed by atoms with van der Waals surface area (Å²) in [5, 5.41) is 14.8. The number of aryl methyl sites for hydroxylation is 3. The van der Waals surface area contributed by atoms with E-state index in [-0.39, 0.29) is 11.7 Å². The Kier molecular flexibility index (Phi) is 7.05. The van der Waals surface area contributed by atoms with Crippen LogP contribution in [0.4, 0.5) is 5.13 Å². The summed E-state index contributed by atoms with van der Waals surface area (Å²) in [5.41, 5.74) is 6.53. The molecule has 33 heavy (non-hydrogen) atoms. The van der Waals surface area contributed by atoms with Crippen molar-refractivity contribution in [2.45, 2.75) is 32.5 Å². The van der Waals surface area contributed by atoms with Gasteiger partial charge in [-0.2, -0.15) is 0 Å². The zero-order valence-corrected chi connectivity index (χ0v) is 20.5. The van der Waals surface area contributed by atoms with E-state index >= 15 is 0 Å². The molecule has 8 heteroatoms. The number of aromatic nitrogens is 4. The second-order valence-corrected chi connectivity index (χ2v) is 9.55. The lowest BCUT2D eigenvalue weighted by Gasteiger charge is -2.08. The Morgan fingerprint density at radius 3 is 2.58 bits per heavy atom. The van der Waals surface area contributed by atoms with E-state index in [0.717, 1.165) is 22.6 Å². The van der Waals surface area contributed by atoms with Crippen LogP contribution >= 0.6 is 23.1 Å². The number of benzene rings is 2. The zero-order chi connectivity index (χ0) is 23.4. The maximum atomic E-state index is 12.6. The minimum atomic E-state index is -0.133. The van der Waals surface area contributed by atoms with Gasteiger partial charge in [0.25, 0.3) is 0 Å². The minimum absolute atomic E-state index is 0.133. The van der Waals surface area contributed by atoms with E-state index in [4.69, 9.17) is 0 Å². The molecule has 6 nitrogen and oxygen atoms in total. The van der Waals surface area contributed by atoms with Crippen molar-refractivity contribution in [3.8, 4) is 22.6 Å². The molecule has 0 saturated carbocycles. The van der Waals surface area contributed by atoms with Crippen LogP contribution in [0.15, 0.2) is 65.7 Å². The third-order valence-electron chi connectivity index (χ3n) is 5.22. The lowest BCUT2D eigenvalue weighted by molar-refractivity contribution is -0.113. The van der Waals surface area contributed by atoms with Gasteiger partial charge in [-0.15, -0.1) is 28.1 Å². The third-order valence-corrected chi connectivity index (χ3v) is 6.95. The van der Waals surface area contributed by atoms with Gasteiger partial charge in [0.2, 0.25) is 5.91 Å². The summed E-state index contributed by atoms with van der Waals surface area (Å²) < 4.78 is 1.97. The second kappa shape index (κ2) is 10.1. The molecule has 0 spiro atoms. The molecular weight excluding hydrogens is 450 g/mol. The molecule has 0 saturated heterocycles. The molecule has 0 aliphatic rings. The average molecular weight is 476 g/mol. The normalized spacial score (nSPS) is 10.9. The van der Waals surface area contributed by atoms with Crippen LogP contribution < -0.4 is 5.32 Å². The molecule has 0 radical (unpaired) electrons. The number of hydrogen-bond acceptors (Lipinski definition) is 6. The van der Waals surface area contributed by atoms with E-state index in [9.17, 15) is 4.79 Å². The Balaban J connectivity index is 1.42. The molecule has 2 heterocycles. The monoisotopic (exact) mass is 475 g/mol. The quantitative estimate of drug-likeness (QED) is 0.253. The number of thiazole rings is 1. The van der Waals surface area contributed by atoms with Crippen LogP contribution in [0.5, 0.6) is 0 Å². The number of carbonyl (C=O) groups is 1. The van der Waals surface area contributed by atoms with Gasteiger partial charge in [0.05, 0.1) is 11.4 Å². The van der Waals surface area contributed by atoms with E-state index in [1.54, 1.807) is 6.08 Å². The number of hydrogen-bond donors (Lipinski definition) is 1. The molecule has 1 N–H and O–H groups in total. The molecule has 4 rings (SSSR count). The number of anilines is 1. The summed E-state index contributed by atoms with van der Waals surface area (Å²) in [5.74, 6) is 0.837. The van der Waals surface area contributed by atoms with E-state index in [1.807, 2.05) is 41.1 Å². The Labute approximate surface area is 201 Å². The van der Waals surface area contributed by atoms with Crippen molar-refractivity contribution in [1.82, 2.24) is 19.7 Å². The van der Waals surface area contributed by atoms with Gasteiger partial charge in [0.1, 0.15) is 0 Å². The van der Waals surface area contributed by atoms with Crippen molar-refractivity contribution in [1.29, 1.82) is 0 Å². The van der Waals surface area contributed by atoms with Gasteiger partial charge in [0.15, 0.2) is 16.1 Å². The van der Waals surface area contributed by atoms with Gasteiger partial charge in [-0.3, -0.25) is 9.36 Å². The fourth-order valence-electron chi connectivity index (χ4n) is 3.26. The first-order chi connectivity index (χ1) is 15.9. The summed E-state index contributed by atoms with van der Waals surface area (Å²) >= 11 is 2.77. The molecule has 0 atom stereocenters. The van der Waals surface area contributed by atoms with Gasteiger partial charge < -0.3 is 5.32 Å². The van der Waals surface area contributed by atoms with Crippen molar-refractivity contribution in [2.75, 3.05) is 11.1 Å². The smallest absolute Gasteiger partial charge is 0.236 e. The van der Waals surface area contributed by atoms with Crippen molar-refractivity contribution in [3.63, 3.8) is 0 Å². The SMILES string of the molecule is C=CCn1c(SCC(=O)Nc2nc(-c3ccc(C)c(C)c3)cs2)nnc1-c1ccc(C)cc1. The van der Waals surface area contributed by atoms with Crippen LogP contribution in [0.2, 0.25) is 0 Å². The fraction of sp³-hybridized carbons (Fsp3) is 0.200. The lowest BCUT2D eigenvalue weighted by Crippen LogP contribution is -2.14. The number of allylic oxidation sites excluding steroid dienone is 1. The highest BCUT2D eigenvalue weighted by Crippen LogP contribution is 2.28. The van der Waals surface area contributed by atoms with Gasteiger partial charge in [-0.25, -0.2) is 4.98 Å². The number of rotatable bonds is 8. The van der Waals surface area contributed by atoms with Crippen molar-refractivity contribution in [2.24, 2.45) is 0 Å². The number of nitrogens with one attached hydrogen (secondary N) is 1. The van der Waals surface area contributed by atoms with E-state index in [0.29, 0.717) is 16.8 Å². The predicted octanol–water partition coefficient (Wildman–Crippen LogP) is 5.91. The topological polar surface area (TPSA) is 72.7 Å². The first-order valence-electron chi connectivity index (χ1n) is 10.5. The van der Waals surface area contributed by atoms with Crippen LogP contribution in [0.1, 0.15) is 16.7 Å². The Morgan fingerprint density at radius 1 is 1.09 bits per heavy atom. The Hall–Kier alpha value is -3.23. The van der Waals surface area contributed by atoms with Crippen LogP contribution in [-0.2, 0) is 11.3 Å². The van der Waals surface area contributed by atoms with Gasteiger partial charge >= 0.3 is 0 Å². The maximum Gasteiger partial charge on any atom is 0.236 e. The molecule has 168 valence electrons. The highest BCUT2D eigenvalue weighted by atomic mass is 32.2. The van der Waals surface area contributed by atoms with Gasteiger partial charge in [-0.05, 0) is 38.0 Å². The molecular formula is C25H25N5OS2. The van der Waals surface area contributed by atoms with Crippen LogP contribution in [0, 0.1) is 20.8 Å². The minimum Gasteiger partial charge on any atom is -0.301 e. The van der Waals surface area contributed by atoms with E-state index in [2.05, 4.69) is 59.1 Å². The standard InChI is InChI=1S/C25H25N5OS2/c1-5-12-30-23(19-9-6-16(2)7-10-19)28-29-25(30)33-15-22(31)27-24-26-21(14-32-24)20-11-8-17(3)18(4)13-20/h5-11,13-14H,1,12,15H2,2-4H3,(H,26,27,31). The van der Waals surface area contributed by atoms with Crippen molar-refractivity contribution >= 4 is 34.1 Å². The van der Waals surface area contributed by atoms with E-state index < -0.39 is 0 Å². The van der Waals surface area contributed by atoms with Crippen molar-refractivity contribution in [3.05, 3.63) is 77.2 Å². The van der Waals surface area contributed by atoms with Crippen molar-refractivity contribution < 1.29 is 4.79 Å². The first kappa shape index (κ1) is 22.9. The number of amides is 1. The summed E-state index contributed by atoms with van der Waals surface area (Å²) in [7, 11) is 0. The largest absolute Gasteiger partial charge is 0.301 e. The average Bonchev–Trinajstić information content (AvgIpc) is 3.42. The fourth-order valence-corrected chi connectivity index (χ4v) is 4.74. The van der Waals surface area contributed by atoms with Gasteiger partial charge in [0, 0.05) is 23.1 Å². The number of carbonyl (C=O) groups excluding carboxylic acids is 1. The molecule has 4 aromatic rings. The molecule has 0 bridgehead atoms. The summed E-state index contributed by atoms with van der Waals surface area (Å²) in [6.07, 6.45) is 1.80. The van der Waals surface area contributed by atoms with E-state index in [1.165, 1.54) is 39.8 Å². The number of nitrogens with zero attached hydrogens (tertiary/aromatic N) is 4. The zero-order valence-electron chi connectivity index (χ0n) is 18.8. The third kappa shape index (κ3) is 5.40. The molecule has 0 fully saturated rings. The molecule has 0 aliphatic heterocycles. The highest BCUT2D eigenvalue weighted by Gasteiger charge is 2.16. The molecule has 2 aromatic heterocycles. The molecule has 0 unspecified atom stereocenters. The molecule has 1 amide bonds. The lowest BCUT2D eigenvalue weighted by atomic mass is 10.1. The molecule has 0 aliphatic carbocycles. The molecule has 2 aromatic carbocycles. The summed E-state index contributed by atoms with van der Waals surface area (Å²) in [6, 6.07) is 14.4. The Bertz CT molecular complexity index is 1290. The van der Waals surface area contributed by atoms with Crippen LogP contribution in [0.3, 0.4) is 0 Å². The first-order valence-corrected chi connectivity index (χ1v) is 12.4. The number of thioether (sulfide) groups is 1.